The second-order valence-electron chi connectivity index (χ2n) is 5.59. The van der Waals surface area contributed by atoms with Crippen molar-refractivity contribution >= 4 is 29.3 Å². The highest BCUT2D eigenvalue weighted by Crippen LogP contribution is 2.21. The summed E-state index contributed by atoms with van der Waals surface area (Å²) in [5.74, 6) is 2.03. The molecule has 0 aliphatic heterocycles. The van der Waals surface area contributed by atoms with Crippen molar-refractivity contribution in [3.05, 3.63) is 64.2 Å². The monoisotopic (exact) mass is 363 g/mol. The van der Waals surface area contributed by atoms with E-state index in [0.29, 0.717) is 29.7 Å². The van der Waals surface area contributed by atoms with E-state index in [-0.39, 0.29) is 5.91 Å². The average Bonchev–Trinajstić information content (AvgIpc) is 2.55. The number of thioether (sulfide) groups is 1. The molecule has 0 aliphatic rings. The van der Waals surface area contributed by atoms with Crippen LogP contribution in [-0.2, 0) is 10.5 Å². The Bertz CT molecular complexity index is 691. The number of carbonyl (C=O) groups is 1. The Morgan fingerprint density at radius 2 is 2.04 bits per heavy atom. The maximum Gasteiger partial charge on any atom is 0.230 e. The van der Waals surface area contributed by atoms with E-state index in [1.807, 2.05) is 25.1 Å². The van der Waals surface area contributed by atoms with E-state index >= 15 is 0 Å². The van der Waals surface area contributed by atoms with Crippen LogP contribution in [0.2, 0.25) is 5.02 Å². The molecule has 0 spiro atoms. The van der Waals surface area contributed by atoms with Gasteiger partial charge in [0.25, 0.3) is 0 Å². The smallest absolute Gasteiger partial charge is 0.230 e. The molecule has 0 aromatic heterocycles. The van der Waals surface area contributed by atoms with Crippen molar-refractivity contribution in [1.82, 2.24) is 5.32 Å². The number of halogens is 1. The first-order chi connectivity index (χ1) is 11.5. The van der Waals surface area contributed by atoms with Gasteiger partial charge >= 0.3 is 0 Å². The average molecular weight is 364 g/mol. The fourth-order valence-electron chi connectivity index (χ4n) is 2.14. The van der Waals surface area contributed by atoms with Crippen molar-refractivity contribution < 1.29 is 9.53 Å². The highest BCUT2D eigenvalue weighted by Gasteiger charge is 2.03. The Morgan fingerprint density at radius 1 is 1.21 bits per heavy atom. The summed E-state index contributed by atoms with van der Waals surface area (Å²) in [6.45, 7) is 4.92. The van der Waals surface area contributed by atoms with Crippen LogP contribution in [0, 0.1) is 13.8 Å². The lowest BCUT2D eigenvalue weighted by atomic mass is 10.2. The number of amides is 1. The van der Waals surface area contributed by atoms with E-state index in [4.69, 9.17) is 16.3 Å². The van der Waals surface area contributed by atoms with Gasteiger partial charge in [0.15, 0.2) is 0 Å². The predicted octanol–water partition coefficient (Wildman–Crippen LogP) is 4.39. The van der Waals surface area contributed by atoms with Gasteiger partial charge in [-0.2, -0.15) is 0 Å². The topological polar surface area (TPSA) is 38.3 Å². The molecular weight excluding hydrogens is 342 g/mol. The van der Waals surface area contributed by atoms with Crippen molar-refractivity contribution in [1.29, 1.82) is 0 Å². The minimum atomic E-state index is 0.0261. The largest absolute Gasteiger partial charge is 0.492 e. The molecule has 2 aromatic rings. The molecule has 0 atom stereocenters. The molecule has 0 saturated heterocycles. The summed E-state index contributed by atoms with van der Waals surface area (Å²) in [4.78, 5) is 11.8. The van der Waals surface area contributed by atoms with Crippen molar-refractivity contribution in [2.45, 2.75) is 19.6 Å². The Labute approximate surface area is 152 Å². The molecule has 2 rings (SSSR count). The summed E-state index contributed by atoms with van der Waals surface area (Å²) in [7, 11) is 0. The van der Waals surface area contributed by atoms with Crippen molar-refractivity contribution in [3.63, 3.8) is 0 Å². The lowest BCUT2D eigenvalue weighted by Crippen LogP contribution is -2.29. The molecule has 0 heterocycles. The van der Waals surface area contributed by atoms with Gasteiger partial charge in [-0.05, 0) is 37.1 Å². The maximum absolute atomic E-state index is 11.8. The molecule has 0 unspecified atom stereocenters. The van der Waals surface area contributed by atoms with Gasteiger partial charge in [-0.25, -0.2) is 0 Å². The Balaban J connectivity index is 1.60. The Kier molecular flexibility index (Phi) is 7.47. The van der Waals surface area contributed by atoms with E-state index in [2.05, 4.69) is 30.4 Å². The van der Waals surface area contributed by atoms with Gasteiger partial charge in [-0.15, -0.1) is 11.8 Å². The first-order valence-corrected chi connectivity index (χ1v) is 9.37. The zero-order valence-electron chi connectivity index (χ0n) is 14.0. The molecule has 1 N–H and O–H groups in total. The summed E-state index contributed by atoms with van der Waals surface area (Å²) >= 11 is 7.65. The van der Waals surface area contributed by atoms with Crippen molar-refractivity contribution in [2.75, 3.05) is 18.9 Å². The molecule has 0 bridgehead atoms. The van der Waals surface area contributed by atoms with Crippen molar-refractivity contribution in [2.24, 2.45) is 0 Å². The number of nitrogens with one attached hydrogen (secondary N) is 1. The summed E-state index contributed by atoms with van der Waals surface area (Å²) in [6, 6.07) is 13.9. The molecule has 0 aliphatic carbocycles. The van der Waals surface area contributed by atoms with Crippen LogP contribution in [0.5, 0.6) is 5.75 Å². The third kappa shape index (κ3) is 6.46. The molecule has 0 radical (unpaired) electrons. The molecule has 3 nitrogen and oxygen atoms in total. The standard InChI is InChI=1S/C19H22ClNO2S/c1-14-4-3-5-16(10-14)12-24-13-19(22)21-8-9-23-17-7-6-15(2)18(20)11-17/h3-7,10-11H,8-9,12-13H2,1-2H3,(H,21,22). The van der Waals surface area contributed by atoms with Crippen LogP contribution in [0.3, 0.4) is 0 Å². The second-order valence-corrected chi connectivity index (χ2v) is 6.98. The summed E-state index contributed by atoms with van der Waals surface area (Å²) in [5, 5.41) is 3.54. The van der Waals surface area contributed by atoms with Crippen LogP contribution in [0.25, 0.3) is 0 Å². The van der Waals surface area contributed by atoms with Gasteiger partial charge in [-0.3, -0.25) is 4.79 Å². The lowest BCUT2D eigenvalue weighted by Gasteiger charge is -2.09. The fraction of sp³-hybridized carbons (Fsp3) is 0.316. The highest BCUT2D eigenvalue weighted by molar-refractivity contribution is 7.99. The SMILES string of the molecule is Cc1cccc(CSCC(=O)NCCOc2ccc(C)c(Cl)c2)c1. The van der Waals surface area contributed by atoms with E-state index < -0.39 is 0 Å². The first kappa shape index (κ1) is 18.7. The van der Waals surface area contributed by atoms with Gasteiger partial charge in [0.2, 0.25) is 5.91 Å². The molecule has 2 aromatic carbocycles. The normalized spacial score (nSPS) is 10.5. The quantitative estimate of drug-likeness (QED) is 0.707. The van der Waals surface area contributed by atoms with Crippen LogP contribution in [0.15, 0.2) is 42.5 Å². The number of benzene rings is 2. The summed E-state index contributed by atoms with van der Waals surface area (Å²) < 4.78 is 5.57. The molecule has 5 heteroatoms. The van der Waals surface area contributed by atoms with Gasteiger partial charge in [0.05, 0.1) is 12.3 Å². The van der Waals surface area contributed by atoms with Crippen LogP contribution in [-0.4, -0.2) is 24.8 Å². The third-order valence-electron chi connectivity index (χ3n) is 3.42. The number of aryl methyl sites for hydroxylation is 2. The number of rotatable bonds is 8. The van der Waals surface area contributed by atoms with Crippen molar-refractivity contribution in [3.8, 4) is 5.75 Å². The van der Waals surface area contributed by atoms with Gasteiger partial charge in [0.1, 0.15) is 12.4 Å². The van der Waals surface area contributed by atoms with E-state index in [9.17, 15) is 4.79 Å². The van der Waals surface area contributed by atoms with Crippen LogP contribution in [0.4, 0.5) is 0 Å². The number of ether oxygens (including phenoxy) is 1. The molecular formula is C19H22ClNO2S. The maximum atomic E-state index is 11.8. The molecule has 0 fully saturated rings. The molecule has 0 saturated carbocycles. The lowest BCUT2D eigenvalue weighted by molar-refractivity contribution is -0.118. The fourth-order valence-corrected chi connectivity index (χ4v) is 3.11. The number of hydrogen-bond acceptors (Lipinski definition) is 3. The molecule has 128 valence electrons. The zero-order chi connectivity index (χ0) is 17.4. The Hall–Kier alpha value is -1.65. The van der Waals surface area contributed by atoms with E-state index in [1.165, 1.54) is 11.1 Å². The van der Waals surface area contributed by atoms with E-state index in [1.54, 1.807) is 17.8 Å². The summed E-state index contributed by atoms with van der Waals surface area (Å²) in [5.41, 5.74) is 3.50. The minimum Gasteiger partial charge on any atom is -0.492 e. The van der Waals surface area contributed by atoms with Gasteiger partial charge in [-0.1, -0.05) is 47.5 Å². The first-order valence-electron chi connectivity index (χ1n) is 7.83. The van der Waals surface area contributed by atoms with E-state index in [0.717, 1.165) is 11.3 Å². The zero-order valence-corrected chi connectivity index (χ0v) is 15.5. The van der Waals surface area contributed by atoms with Crippen LogP contribution in [0.1, 0.15) is 16.7 Å². The Morgan fingerprint density at radius 3 is 2.79 bits per heavy atom. The summed E-state index contributed by atoms with van der Waals surface area (Å²) in [6.07, 6.45) is 0. The molecule has 1 amide bonds. The third-order valence-corrected chi connectivity index (χ3v) is 4.83. The van der Waals surface area contributed by atoms with Crippen LogP contribution >= 0.6 is 23.4 Å². The number of hydrogen-bond donors (Lipinski definition) is 1. The number of carbonyl (C=O) groups excluding carboxylic acids is 1. The highest BCUT2D eigenvalue weighted by atomic mass is 35.5. The van der Waals surface area contributed by atoms with Gasteiger partial charge in [0, 0.05) is 10.8 Å². The molecule has 24 heavy (non-hydrogen) atoms. The van der Waals surface area contributed by atoms with Crippen LogP contribution < -0.4 is 10.1 Å². The predicted molar refractivity (Wildman–Crippen MR) is 102 cm³/mol. The second kappa shape index (κ2) is 9.60. The minimum absolute atomic E-state index is 0.0261. The van der Waals surface area contributed by atoms with Gasteiger partial charge < -0.3 is 10.1 Å².